The van der Waals surface area contributed by atoms with Crippen LogP contribution in [0.3, 0.4) is 0 Å². The quantitative estimate of drug-likeness (QED) is 0.668. The Morgan fingerprint density at radius 2 is 1.57 bits per heavy atom. The topological polar surface area (TPSA) is 45.2 Å². The smallest absolute Gasteiger partial charge is 0.236 e. The van der Waals surface area contributed by atoms with Gasteiger partial charge >= 0.3 is 0 Å². The van der Waals surface area contributed by atoms with Crippen LogP contribution in [0.25, 0.3) is 0 Å². The number of nitrogens with zero attached hydrogens (tertiary/aromatic N) is 3. The van der Waals surface area contributed by atoms with E-state index in [0.29, 0.717) is 13.1 Å². The van der Waals surface area contributed by atoms with Crippen LogP contribution < -0.4 is 9.47 Å². The molecule has 0 atom stereocenters. The lowest BCUT2D eigenvalue weighted by Crippen LogP contribution is -2.49. The van der Waals surface area contributed by atoms with Crippen LogP contribution in [0, 0.1) is 6.92 Å². The molecule has 0 bridgehead atoms. The van der Waals surface area contributed by atoms with Crippen molar-refractivity contribution >= 4 is 5.91 Å². The summed E-state index contributed by atoms with van der Waals surface area (Å²) in [6.07, 6.45) is 0. The van der Waals surface area contributed by atoms with Gasteiger partial charge in [0.15, 0.2) is 11.5 Å². The zero-order chi connectivity index (χ0) is 21.5. The fourth-order valence-electron chi connectivity index (χ4n) is 3.80. The largest absolute Gasteiger partial charge is 0.493 e. The first kappa shape index (κ1) is 22.1. The molecule has 0 spiro atoms. The molecule has 3 rings (SSSR count). The number of rotatable bonds is 8. The van der Waals surface area contributed by atoms with Gasteiger partial charge < -0.3 is 14.4 Å². The zero-order valence-corrected chi connectivity index (χ0v) is 18.6. The third-order valence-electron chi connectivity index (χ3n) is 5.75. The standard InChI is InChI=1S/C24H33N3O3/c1-19-14-22(29-3)23(30-4)15-21(19)17-26-10-12-27(13-11-26)18-24(28)25(2)16-20-8-6-5-7-9-20/h5-9,14-15H,10-13,16-18H2,1-4H3. The highest BCUT2D eigenvalue weighted by Gasteiger charge is 2.21. The number of benzene rings is 2. The number of carbonyl (C=O) groups is 1. The minimum absolute atomic E-state index is 0.169. The SMILES string of the molecule is COc1cc(C)c(CN2CCN(CC(=O)N(C)Cc3ccccc3)CC2)cc1OC. The van der Waals surface area contributed by atoms with Crippen LogP contribution in [-0.4, -0.2) is 74.6 Å². The van der Waals surface area contributed by atoms with E-state index in [1.807, 2.05) is 36.2 Å². The second kappa shape index (κ2) is 10.5. The summed E-state index contributed by atoms with van der Waals surface area (Å²) in [5, 5.41) is 0. The molecule has 30 heavy (non-hydrogen) atoms. The number of aryl methyl sites for hydroxylation is 1. The number of hydrogen-bond donors (Lipinski definition) is 0. The van der Waals surface area contributed by atoms with Crippen molar-refractivity contribution in [3.05, 3.63) is 59.2 Å². The molecule has 0 N–H and O–H groups in total. The lowest BCUT2D eigenvalue weighted by Gasteiger charge is -2.35. The minimum Gasteiger partial charge on any atom is -0.493 e. The van der Waals surface area contributed by atoms with Crippen molar-refractivity contribution in [2.45, 2.75) is 20.0 Å². The fraction of sp³-hybridized carbons (Fsp3) is 0.458. The van der Waals surface area contributed by atoms with E-state index in [1.54, 1.807) is 14.2 Å². The summed E-state index contributed by atoms with van der Waals surface area (Å²) in [6, 6.07) is 14.2. The van der Waals surface area contributed by atoms with Gasteiger partial charge in [-0.2, -0.15) is 0 Å². The molecule has 0 aliphatic carbocycles. The molecular formula is C24H33N3O3. The van der Waals surface area contributed by atoms with Gasteiger partial charge in [-0.3, -0.25) is 14.6 Å². The first-order valence-corrected chi connectivity index (χ1v) is 10.4. The first-order chi connectivity index (χ1) is 14.5. The van der Waals surface area contributed by atoms with E-state index in [0.717, 1.165) is 49.8 Å². The molecule has 1 fully saturated rings. The number of methoxy groups -OCH3 is 2. The number of carbonyl (C=O) groups excluding carboxylic acids is 1. The van der Waals surface area contributed by atoms with Crippen LogP contribution in [0.15, 0.2) is 42.5 Å². The Kier molecular flexibility index (Phi) is 7.71. The number of amides is 1. The second-order valence-corrected chi connectivity index (χ2v) is 7.92. The molecule has 162 valence electrons. The summed E-state index contributed by atoms with van der Waals surface area (Å²) >= 11 is 0. The molecule has 1 saturated heterocycles. The third kappa shape index (κ3) is 5.74. The molecule has 2 aromatic carbocycles. The van der Waals surface area contributed by atoms with Gasteiger partial charge in [-0.1, -0.05) is 30.3 Å². The average Bonchev–Trinajstić information content (AvgIpc) is 2.76. The number of ether oxygens (including phenoxy) is 2. The van der Waals surface area contributed by atoms with Crippen molar-refractivity contribution < 1.29 is 14.3 Å². The summed E-state index contributed by atoms with van der Waals surface area (Å²) < 4.78 is 10.8. The van der Waals surface area contributed by atoms with Crippen molar-refractivity contribution in [3.8, 4) is 11.5 Å². The highest BCUT2D eigenvalue weighted by molar-refractivity contribution is 5.78. The van der Waals surface area contributed by atoms with Gasteiger partial charge in [0.2, 0.25) is 5.91 Å². The van der Waals surface area contributed by atoms with Gasteiger partial charge in [0.25, 0.3) is 0 Å². The Morgan fingerprint density at radius 3 is 2.20 bits per heavy atom. The maximum absolute atomic E-state index is 12.6. The Balaban J connectivity index is 1.48. The van der Waals surface area contributed by atoms with E-state index in [4.69, 9.17) is 9.47 Å². The van der Waals surface area contributed by atoms with Gasteiger partial charge in [-0.05, 0) is 35.7 Å². The molecule has 2 aromatic rings. The monoisotopic (exact) mass is 411 g/mol. The van der Waals surface area contributed by atoms with Crippen LogP contribution in [-0.2, 0) is 17.9 Å². The maximum atomic E-state index is 12.6. The normalized spacial score (nSPS) is 15.1. The van der Waals surface area contributed by atoms with E-state index >= 15 is 0 Å². The van der Waals surface area contributed by atoms with Crippen molar-refractivity contribution in [2.75, 3.05) is 54.0 Å². The van der Waals surface area contributed by atoms with E-state index in [-0.39, 0.29) is 5.91 Å². The Bertz CT molecular complexity index is 833. The molecule has 1 aliphatic heterocycles. The summed E-state index contributed by atoms with van der Waals surface area (Å²) in [4.78, 5) is 19.1. The highest BCUT2D eigenvalue weighted by atomic mass is 16.5. The highest BCUT2D eigenvalue weighted by Crippen LogP contribution is 2.31. The molecule has 6 nitrogen and oxygen atoms in total. The van der Waals surface area contributed by atoms with E-state index in [9.17, 15) is 4.79 Å². The predicted molar refractivity (Wildman–Crippen MR) is 119 cm³/mol. The van der Waals surface area contributed by atoms with Gasteiger partial charge in [0.1, 0.15) is 0 Å². The predicted octanol–water partition coefficient (Wildman–Crippen LogP) is 2.79. The van der Waals surface area contributed by atoms with Crippen LogP contribution in [0.4, 0.5) is 0 Å². The van der Waals surface area contributed by atoms with Gasteiger partial charge in [-0.15, -0.1) is 0 Å². The van der Waals surface area contributed by atoms with Crippen molar-refractivity contribution in [1.82, 2.24) is 14.7 Å². The van der Waals surface area contributed by atoms with Gasteiger partial charge in [0.05, 0.1) is 20.8 Å². The summed E-state index contributed by atoms with van der Waals surface area (Å²) in [5.74, 6) is 1.70. The van der Waals surface area contributed by atoms with Crippen molar-refractivity contribution in [2.24, 2.45) is 0 Å². The van der Waals surface area contributed by atoms with Crippen LogP contribution in [0.5, 0.6) is 11.5 Å². The Labute approximate surface area is 180 Å². The average molecular weight is 412 g/mol. The maximum Gasteiger partial charge on any atom is 0.236 e. The van der Waals surface area contributed by atoms with Crippen molar-refractivity contribution in [3.63, 3.8) is 0 Å². The second-order valence-electron chi connectivity index (χ2n) is 7.92. The molecule has 0 saturated carbocycles. The van der Waals surface area contributed by atoms with E-state index in [2.05, 4.69) is 34.9 Å². The lowest BCUT2D eigenvalue weighted by molar-refractivity contribution is -0.132. The molecule has 1 heterocycles. The van der Waals surface area contributed by atoms with E-state index in [1.165, 1.54) is 11.1 Å². The fourth-order valence-corrected chi connectivity index (χ4v) is 3.80. The minimum atomic E-state index is 0.169. The first-order valence-electron chi connectivity index (χ1n) is 10.4. The molecular weight excluding hydrogens is 378 g/mol. The zero-order valence-electron chi connectivity index (χ0n) is 18.6. The molecule has 1 amide bonds. The molecule has 0 radical (unpaired) electrons. The van der Waals surface area contributed by atoms with E-state index < -0.39 is 0 Å². The van der Waals surface area contributed by atoms with Crippen LogP contribution >= 0.6 is 0 Å². The van der Waals surface area contributed by atoms with Gasteiger partial charge in [-0.25, -0.2) is 0 Å². The van der Waals surface area contributed by atoms with Gasteiger partial charge in [0, 0.05) is 46.3 Å². The Morgan fingerprint density at radius 1 is 0.967 bits per heavy atom. The van der Waals surface area contributed by atoms with Crippen LogP contribution in [0.2, 0.25) is 0 Å². The number of likely N-dealkylation sites (N-methyl/N-ethyl adjacent to an activating group) is 1. The summed E-state index contributed by atoms with van der Waals surface area (Å²) in [5.41, 5.74) is 3.61. The molecule has 1 aliphatic rings. The number of hydrogen-bond acceptors (Lipinski definition) is 5. The van der Waals surface area contributed by atoms with Crippen LogP contribution in [0.1, 0.15) is 16.7 Å². The summed E-state index contributed by atoms with van der Waals surface area (Å²) in [7, 11) is 5.21. The molecule has 0 unspecified atom stereocenters. The van der Waals surface area contributed by atoms with Crippen molar-refractivity contribution in [1.29, 1.82) is 0 Å². The molecule has 6 heteroatoms. The third-order valence-corrected chi connectivity index (χ3v) is 5.75. The number of piperazine rings is 1. The Hall–Kier alpha value is -2.57. The molecule has 0 aromatic heterocycles. The summed E-state index contributed by atoms with van der Waals surface area (Å²) in [6.45, 7) is 7.81. The lowest BCUT2D eigenvalue weighted by atomic mass is 10.1.